The zero-order chi connectivity index (χ0) is 24.2. The molecule has 0 saturated heterocycles. The number of benzene rings is 4. The summed E-state index contributed by atoms with van der Waals surface area (Å²) in [5.74, 6) is 0. The SMILES string of the molecule is c1ccc(P(c2ccccc2)c2sccc2-c2ccsc2P(c2ccccc2)c2ccccc2)cc1. The second kappa shape index (κ2) is 11.0. The lowest BCUT2D eigenvalue weighted by Crippen LogP contribution is -2.22. The predicted octanol–water partition coefficient (Wildman–Crippen LogP) is 6.99. The van der Waals surface area contributed by atoms with Crippen molar-refractivity contribution < 1.29 is 0 Å². The number of hydrogen-bond donors (Lipinski definition) is 0. The van der Waals surface area contributed by atoms with Crippen molar-refractivity contribution in [3.05, 3.63) is 144 Å². The largest absolute Gasteiger partial charge is 0.143 e. The van der Waals surface area contributed by atoms with Gasteiger partial charge in [-0.25, -0.2) is 0 Å². The third-order valence-corrected chi connectivity index (χ3v) is 13.8. The standard InChI is InChI=1S/C32H24P2S2/c1-5-13-25(14-6-1)33(26-15-7-2-8-16-26)31-29(21-23-35-31)30-22-24-36-32(30)34(27-17-9-3-10-18-27)28-19-11-4-12-20-28/h1-24H. The van der Waals surface area contributed by atoms with Crippen LogP contribution >= 0.6 is 38.5 Å². The highest BCUT2D eigenvalue weighted by molar-refractivity contribution is 7.85. The van der Waals surface area contributed by atoms with E-state index in [9.17, 15) is 0 Å². The predicted molar refractivity (Wildman–Crippen MR) is 165 cm³/mol. The molecule has 0 unspecified atom stereocenters. The first-order chi connectivity index (χ1) is 17.9. The van der Waals surface area contributed by atoms with Crippen molar-refractivity contribution in [2.24, 2.45) is 0 Å². The molecule has 2 heterocycles. The van der Waals surface area contributed by atoms with Gasteiger partial charge in [-0.1, -0.05) is 121 Å². The summed E-state index contributed by atoms with van der Waals surface area (Å²) in [5.41, 5.74) is 2.77. The molecule has 0 spiro atoms. The first-order valence-corrected chi connectivity index (χ1v) is 16.3. The summed E-state index contributed by atoms with van der Waals surface area (Å²) in [7, 11) is -1.29. The summed E-state index contributed by atoms with van der Waals surface area (Å²) in [6.45, 7) is 0. The normalized spacial score (nSPS) is 11.3. The van der Waals surface area contributed by atoms with Crippen LogP contribution in [0.5, 0.6) is 0 Å². The molecule has 2 aromatic heterocycles. The number of rotatable bonds is 7. The van der Waals surface area contributed by atoms with Gasteiger partial charge in [0.2, 0.25) is 0 Å². The minimum Gasteiger partial charge on any atom is -0.143 e. The topological polar surface area (TPSA) is 0 Å². The Morgan fingerprint density at radius 3 is 0.889 bits per heavy atom. The van der Waals surface area contributed by atoms with Gasteiger partial charge in [-0.2, -0.15) is 0 Å². The molecule has 4 heteroatoms. The van der Waals surface area contributed by atoms with Crippen molar-refractivity contribution in [3.8, 4) is 11.1 Å². The van der Waals surface area contributed by atoms with E-state index >= 15 is 0 Å². The van der Waals surface area contributed by atoms with Crippen molar-refractivity contribution in [1.29, 1.82) is 0 Å². The molecule has 0 bridgehead atoms. The van der Waals surface area contributed by atoms with Crippen molar-refractivity contribution in [2.75, 3.05) is 0 Å². The van der Waals surface area contributed by atoms with Crippen LogP contribution in [-0.4, -0.2) is 0 Å². The van der Waals surface area contributed by atoms with Gasteiger partial charge in [0, 0.05) is 20.4 Å². The molecule has 6 rings (SSSR count). The monoisotopic (exact) mass is 534 g/mol. The lowest BCUT2D eigenvalue weighted by molar-refractivity contribution is 1.75. The van der Waals surface area contributed by atoms with E-state index in [0.29, 0.717) is 0 Å². The maximum atomic E-state index is 2.34. The second-order valence-electron chi connectivity index (χ2n) is 8.29. The van der Waals surface area contributed by atoms with Gasteiger partial charge in [0.15, 0.2) is 0 Å². The Hall–Kier alpha value is -2.86. The Labute approximate surface area is 223 Å². The first kappa shape index (κ1) is 23.5. The van der Waals surface area contributed by atoms with E-state index < -0.39 is 15.8 Å². The van der Waals surface area contributed by atoms with Crippen LogP contribution in [0.2, 0.25) is 0 Å². The Bertz CT molecular complexity index is 1330. The molecule has 174 valence electrons. The summed E-state index contributed by atoms with van der Waals surface area (Å²) >= 11 is 3.80. The van der Waals surface area contributed by atoms with Crippen LogP contribution < -0.4 is 30.5 Å². The van der Waals surface area contributed by atoms with E-state index in [-0.39, 0.29) is 0 Å². The highest BCUT2D eigenvalue weighted by atomic mass is 32.1. The minimum absolute atomic E-state index is 0.644. The molecule has 0 saturated carbocycles. The third kappa shape index (κ3) is 4.75. The van der Waals surface area contributed by atoms with Crippen LogP contribution in [0.4, 0.5) is 0 Å². The van der Waals surface area contributed by atoms with Crippen molar-refractivity contribution >= 4 is 69.0 Å². The van der Waals surface area contributed by atoms with Crippen LogP contribution in [0, 0.1) is 0 Å². The van der Waals surface area contributed by atoms with Crippen LogP contribution in [0.15, 0.2) is 144 Å². The van der Waals surface area contributed by atoms with Crippen molar-refractivity contribution in [1.82, 2.24) is 0 Å². The van der Waals surface area contributed by atoms with Crippen LogP contribution in [-0.2, 0) is 0 Å². The minimum atomic E-state index is -0.644. The lowest BCUT2D eigenvalue weighted by Gasteiger charge is -2.22. The quantitative estimate of drug-likeness (QED) is 0.194. The van der Waals surface area contributed by atoms with Gasteiger partial charge >= 0.3 is 0 Å². The molecule has 0 amide bonds. The van der Waals surface area contributed by atoms with E-state index in [4.69, 9.17) is 0 Å². The average Bonchev–Trinajstić information content (AvgIpc) is 3.62. The van der Waals surface area contributed by atoms with Gasteiger partial charge in [-0.05, 0) is 60.0 Å². The summed E-state index contributed by atoms with van der Waals surface area (Å²) in [6.07, 6.45) is 0. The van der Waals surface area contributed by atoms with E-state index in [0.717, 1.165) is 0 Å². The lowest BCUT2D eigenvalue weighted by atomic mass is 10.2. The average molecular weight is 535 g/mol. The molecule has 6 aromatic rings. The van der Waals surface area contributed by atoms with Crippen LogP contribution in [0.25, 0.3) is 11.1 Å². The van der Waals surface area contributed by atoms with Crippen LogP contribution in [0.1, 0.15) is 0 Å². The Morgan fingerprint density at radius 2 is 0.611 bits per heavy atom. The molecule has 36 heavy (non-hydrogen) atoms. The molecule has 0 atom stereocenters. The van der Waals surface area contributed by atoms with Gasteiger partial charge in [0.05, 0.1) is 0 Å². The summed E-state index contributed by atoms with van der Waals surface area (Å²) in [4.78, 5) is 0. The maximum Gasteiger partial charge on any atom is 0.0446 e. The molecule has 0 nitrogen and oxygen atoms in total. The fourth-order valence-corrected chi connectivity index (χ4v) is 12.5. The molecule has 0 aliphatic rings. The Morgan fingerprint density at radius 1 is 0.333 bits per heavy atom. The smallest absolute Gasteiger partial charge is 0.0446 e. The van der Waals surface area contributed by atoms with E-state index in [1.165, 1.54) is 41.6 Å². The first-order valence-electron chi connectivity index (χ1n) is 11.9. The molecule has 0 fully saturated rings. The van der Waals surface area contributed by atoms with Gasteiger partial charge < -0.3 is 0 Å². The fourth-order valence-electron chi connectivity index (χ4n) is 4.43. The molecule has 4 aromatic carbocycles. The summed E-state index contributed by atoms with van der Waals surface area (Å²) in [5, 5.41) is 10.1. The van der Waals surface area contributed by atoms with Gasteiger partial charge in [-0.15, -0.1) is 22.7 Å². The zero-order valence-corrected chi connectivity index (χ0v) is 23.0. The third-order valence-electron chi connectivity index (χ3n) is 6.04. The van der Waals surface area contributed by atoms with E-state index in [1.807, 2.05) is 22.7 Å². The Balaban J connectivity index is 1.52. The van der Waals surface area contributed by atoms with Crippen molar-refractivity contribution in [3.63, 3.8) is 0 Å². The summed E-state index contributed by atoms with van der Waals surface area (Å²) in [6, 6.07) is 48.8. The fraction of sp³-hybridized carbons (Fsp3) is 0. The molecule has 0 radical (unpaired) electrons. The Kier molecular flexibility index (Phi) is 7.21. The van der Waals surface area contributed by atoms with E-state index in [1.54, 1.807) is 0 Å². The molecular formula is C32H24P2S2. The maximum absolute atomic E-state index is 2.34. The second-order valence-corrected chi connectivity index (χ2v) is 15.0. The molecule has 0 aliphatic carbocycles. The number of hydrogen-bond acceptors (Lipinski definition) is 2. The highest BCUT2D eigenvalue weighted by Gasteiger charge is 2.26. The molecule has 0 N–H and O–H groups in total. The number of thiophene rings is 2. The summed E-state index contributed by atoms with van der Waals surface area (Å²) < 4.78 is 2.94. The van der Waals surface area contributed by atoms with Crippen molar-refractivity contribution in [2.45, 2.75) is 0 Å². The van der Waals surface area contributed by atoms with Crippen LogP contribution in [0.3, 0.4) is 0 Å². The zero-order valence-electron chi connectivity index (χ0n) is 19.6. The molecule has 0 aliphatic heterocycles. The van der Waals surface area contributed by atoms with E-state index in [2.05, 4.69) is 144 Å². The van der Waals surface area contributed by atoms with Gasteiger partial charge in [0.1, 0.15) is 0 Å². The highest BCUT2D eigenvalue weighted by Crippen LogP contribution is 2.43. The van der Waals surface area contributed by atoms with Gasteiger partial charge in [-0.3, -0.25) is 0 Å². The van der Waals surface area contributed by atoms with Gasteiger partial charge in [0.25, 0.3) is 0 Å². The molecular weight excluding hydrogens is 510 g/mol.